The summed E-state index contributed by atoms with van der Waals surface area (Å²) in [7, 11) is 0. The van der Waals surface area contributed by atoms with Gasteiger partial charge in [0.2, 0.25) is 11.0 Å². The summed E-state index contributed by atoms with van der Waals surface area (Å²) in [5.41, 5.74) is 2.14. The summed E-state index contributed by atoms with van der Waals surface area (Å²) in [6, 6.07) is 14.0. The number of aromatic nitrogens is 2. The summed E-state index contributed by atoms with van der Waals surface area (Å²) >= 11 is 2.59. The lowest BCUT2D eigenvalue weighted by molar-refractivity contribution is -0.115. The van der Waals surface area contributed by atoms with Gasteiger partial charge in [-0.25, -0.2) is 4.39 Å². The van der Waals surface area contributed by atoms with E-state index >= 15 is 0 Å². The van der Waals surface area contributed by atoms with Crippen molar-refractivity contribution in [3.63, 3.8) is 0 Å². The number of nitrogens with one attached hydrogen (secondary N) is 2. The van der Waals surface area contributed by atoms with E-state index in [1.54, 1.807) is 18.2 Å². The van der Waals surface area contributed by atoms with Gasteiger partial charge in [-0.3, -0.25) is 4.79 Å². The molecule has 0 saturated carbocycles. The summed E-state index contributed by atoms with van der Waals surface area (Å²) < 4.78 is 14.3. The fraction of sp³-hybridized carbons (Fsp3) is 0.167. The van der Waals surface area contributed by atoms with Crippen molar-refractivity contribution in [1.82, 2.24) is 10.2 Å². The molecule has 0 aliphatic carbocycles. The molecule has 0 aliphatic rings. The standard InChI is InChI=1S/C18H17FN4OS2/c1-11-7-3-5-9-14(11)20-16(24)12(2)25-18-23-22-17(26-18)21-15-10-6-4-8-13(15)19/h3-10,12H,1-2H3,(H,20,24)(H,21,22). The molecule has 1 unspecified atom stereocenters. The number of carbonyl (C=O) groups is 1. The number of rotatable bonds is 6. The Morgan fingerprint density at radius 1 is 1.12 bits per heavy atom. The molecule has 0 spiro atoms. The highest BCUT2D eigenvalue weighted by molar-refractivity contribution is 8.02. The molecule has 26 heavy (non-hydrogen) atoms. The Hall–Kier alpha value is -2.45. The first-order chi connectivity index (χ1) is 12.5. The van der Waals surface area contributed by atoms with E-state index in [0.717, 1.165) is 11.3 Å². The Labute approximate surface area is 159 Å². The first kappa shape index (κ1) is 18.3. The molecule has 0 radical (unpaired) electrons. The summed E-state index contributed by atoms with van der Waals surface area (Å²) in [6.45, 7) is 3.75. The number of anilines is 3. The van der Waals surface area contributed by atoms with Crippen LogP contribution < -0.4 is 10.6 Å². The van der Waals surface area contributed by atoms with E-state index in [-0.39, 0.29) is 17.0 Å². The molecule has 0 aliphatic heterocycles. The minimum atomic E-state index is -0.358. The Bertz CT molecular complexity index is 915. The van der Waals surface area contributed by atoms with Gasteiger partial charge in [-0.2, -0.15) is 0 Å². The third-order valence-corrected chi connectivity index (χ3v) is 5.59. The van der Waals surface area contributed by atoms with Gasteiger partial charge in [0.15, 0.2) is 4.34 Å². The molecular formula is C18H17FN4OS2. The number of hydrogen-bond donors (Lipinski definition) is 2. The van der Waals surface area contributed by atoms with E-state index in [0.29, 0.717) is 15.2 Å². The van der Waals surface area contributed by atoms with E-state index in [1.807, 2.05) is 38.1 Å². The highest BCUT2D eigenvalue weighted by atomic mass is 32.2. The maximum atomic E-state index is 13.7. The average molecular weight is 388 g/mol. The third-order valence-electron chi connectivity index (χ3n) is 3.57. The maximum absolute atomic E-state index is 13.7. The van der Waals surface area contributed by atoms with Gasteiger partial charge >= 0.3 is 0 Å². The number of aryl methyl sites for hydroxylation is 1. The normalized spacial score (nSPS) is 11.8. The lowest BCUT2D eigenvalue weighted by Crippen LogP contribution is -2.22. The Morgan fingerprint density at radius 3 is 2.54 bits per heavy atom. The zero-order chi connectivity index (χ0) is 18.5. The van der Waals surface area contributed by atoms with Crippen LogP contribution in [-0.4, -0.2) is 21.4 Å². The lowest BCUT2D eigenvalue weighted by Gasteiger charge is -2.11. The van der Waals surface area contributed by atoms with Crippen LogP contribution in [0.1, 0.15) is 12.5 Å². The average Bonchev–Trinajstić information content (AvgIpc) is 3.06. The molecule has 1 atom stereocenters. The summed E-state index contributed by atoms with van der Waals surface area (Å²) in [4.78, 5) is 12.4. The molecule has 2 N–H and O–H groups in total. The Kier molecular flexibility index (Phi) is 5.85. The highest BCUT2D eigenvalue weighted by Crippen LogP contribution is 2.31. The second-order valence-corrected chi connectivity index (χ2v) is 8.11. The zero-order valence-electron chi connectivity index (χ0n) is 14.2. The van der Waals surface area contributed by atoms with Crippen LogP contribution >= 0.6 is 23.1 Å². The summed E-state index contributed by atoms with van der Waals surface area (Å²) in [6.07, 6.45) is 0. The van der Waals surface area contributed by atoms with Crippen LogP contribution in [0.2, 0.25) is 0 Å². The van der Waals surface area contributed by atoms with Crippen molar-refractivity contribution in [2.45, 2.75) is 23.4 Å². The summed E-state index contributed by atoms with van der Waals surface area (Å²) in [5, 5.41) is 14.0. The highest BCUT2D eigenvalue weighted by Gasteiger charge is 2.18. The molecule has 1 aromatic heterocycles. The SMILES string of the molecule is Cc1ccccc1NC(=O)C(C)Sc1nnc(Nc2ccccc2F)s1. The van der Waals surface area contributed by atoms with Crippen LogP contribution in [0.25, 0.3) is 0 Å². The van der Waals surface area contributed by atoms with Crippen molar-refractivity contribution >= 4 is 45.5 Å². The van der Waals surface area contributed by atoms with Gasteiger partial charge in [0.1, 0.15) is 5.82 Å². The number of nitrogens with zero attached hydrogens (tertiary/aromatic N) is 2. The second-order valence-electron chi connectivity index (χ2n) is 5.54. The minimum absolute atomic E-state index is 0.108. The van der Waals surface area contributed by atoms with Crippen molar-refractivity contribution in [2.24, 2.45) is 0 Å². The summed E-state index contributed by atoms with van der Waals surface area (Å²) in [5.74, 6) is -0.467. The van der Waals surface area contributed by atoms with Crippen molar-refractivity contribution in [3.8, 4) is 0 Å². The monoisotopic (exact) mass is 388 g/mol. The maximum Gasteiger partial charge on any atom is 0.237 e. The lowest BCUT2D eigenvalue weighted by atomic mass is 10.2. The van der Waals surface area contributed by atoms with Gasteiger partial charge in [0, 0.05) is 5.69 Å². The molecule has 5 nitrogen and oxygen atoms in total. The van der Waals surface area contributed by atoms with Crippen molar-refractivity contribution in [1.29, 1.82) is 0 Å². The van der Waals surface area contributed by atoms with Crippen LogP contribution in [0.3, 0.4) is 0 Å². The van der Waals surface area contributed by atoms with Gasteiger partial charge in [-0.1, -0.05) is 53.4 Å². The van der Waals surface area contributed by atoms with E-state index < -0.39 is 0 Å². The van der Waals surface area contributed by atoms with Gasteiger partial charge < -0.3 is 10.6 Å². The fourth-order valence-electron chi connectivity index (χ4n) is 2.14. The van der Waals surface area contributed by atoms with E-state index in [9.17, 15) is 9.18 Å². The van der Waals surface area contributed by atoms with Gasteiger partial charge in [-0.05, 0) is 37.6 Å². The first-order valence-electron chi connectivity index (χ1n) is 7.91. The van der Waals surface area contributed by atoms with Crippen LogP contribution in [0.5, 0.6) is 0 Å². The zero-order valence-corrected chi connectivity index (χ0v) is 15.8. The largest absolute Gasteiger partial charge is 0.328 e. The van der Waals surface area contributed by atoms with Crippen molar-refractivity contribution in [3.05, 3.63) is 59.9 Å². The molecule has 3 rings (SSSR count). The molecular weight excluding hydrogens is 371 g/mol. The van der Waals surface area contributed by atoms with Crippen molar-refractivity contribution in [2.75, 3.05) is 10.6 Å². The quantitative estimate of drug-likeness (QED) is 0.591. The number of amides is 1. The number of thioether (sulfide) groups is 1. The molecule has 0 bridgehead atoms. The number of hydrogen-bond acceptors (Lipinski definition) is 6. The Balaban J connectivity index is 1.60. The van der Waals surface area contributed by atoms with E-state index in [1.165, 1.54) is 29.2 Å². The van der Waals surface area contributed by atoms with Crippen LogP contribution in [0, 0.1) is 12.7 Å². The van der Waals surface area contributed by atoms with Gasteiger partial charge in [-0.15, -0.1) is 10.2 Å². The molecule has 3 aromatic rings. The fourth-order valence-corrected chi connectivity index (χ4v) is 4.05. The molecule has 0 fully saturated rings. The Morgan fingerprint density at radius 2 is 1.81 bits per heavy atom. The topological polar surface area (TPSA) is 66.9 Å². The van der Waals surface area contributed by atoms with E-state index in [4.69, 9.17) is 0 Å². The number of carbonyl (C=O) groups excluding carboxylic acids is 1. The molecule has 8 heteroatoms. The molecule has 1 heterocycles. The number of benzene rings is 2. The minimum Gasteiger partial charge on any atom is -0.328 e. The van der Waals surface area contributed by atoms with Crippen LogP contribution in [0.15, 0.2) is 52.9 Å². The predicted molar refractivity (Wildman–Crippen MR) is 105 cm³/mol. The second kappa shape index (κ2) is 8.29. The van der Waals surface area contributed by atoms with Crippen molar-refractivity contribution < 1.29 is 9.18 Å². The van der Waals surface area contributed by atoms with E-state index in [2.05, 4.69) is 20.8 Å². The number of halogens is 1. The predicted octanol–water partition coefficient (Wildman–Crippen LogP) is 4.85. The smallest absolute Gasteiger partial charge is 0.237 e. The molecule has 134 valence electrons. The first-order valence-corrected chi connectivity index (χ1v) is 9.61. The van der Waals surface area contributed by atoms with Gasteiger partial charge in [0.05, 0.1) is 10.9 Å². The molecule has 2 aromatic carbocycles. The van der Waals surface area contributed by atoms with Gasteiger partial charge in [0.25, 0.3) is 0 Å². The molecule has 1 amide bonds. The molecule has 0 saturated heterocycles. The van der Waals surface area contributed by atoms with Crippen LogP contribution in [-0.2, 0) is 4.79 Å². The number of para-hydroxylation sites is 2. The third kappa shape index (κ3) is 4.59. The van der Waals surface area contributed by atoms with Crippen LogP contribution in [0.4, 0.5) is 20.9 Å².